The van der Waals surface area contributed by atoms with E-state index < -0.39 is 5.97 Å². The highest BCUT2D eigenvalue weighted by atomic mass is 32.2. The number of benzene rings is 4. The zero-order valence-electron chi connectivity index (χ0n) is 19.3. The normalized spacial score (nSPS) is 13.7. The minimum Gasteiger partial charge on any atom is -0.545 e. The van der Waals surface area contributed by atoms with Gasteiger partial charge >= 0.3 is 0 Å². The molecule has 3 heteroatoms. The quantitative estimate of drug-likeness (QED) is 0.301. The maximum absolute atomic E-state index is 10.1. The number of hydrogen-bond donors (Lipinski definition) is 0. The maximum Gasteiger partial charge on any atom is 0.166 e. The van der Waals surface area contributed by atoms with Crippen molar-refractivity contribution in [3.05, 3.63) is 126 Å². The smallest absolute Gasteiger partial charge is 0.166 e. The first-order valence-electron chi connectivity index (χ1n) is 11.9. The zero-order valence-corrected chi connectivity index (χ0v) is 20.1. The van der Waals surface area contributed by atoms with Gasteiger partial charge in [0.15, 0.2) is 14.7 Å². The fraction of sp³-hybridized carbons (Fsp3) is 0.194. The second-order valence-corrected chi connectivity index (χ2v) is 10.5. The molecule has 1 aliphatic rings. The van der Waals surface area contributed by atoms with Crippen molar-refractivity contribution in [3.8, 4) is 0 Å². The third-order valence-corrected chi connectivity index (χ3v) is 8.39. The lowest BCUT2D eigenvalue weighted by atomic mass is 9.84. The van der Waals surface area contributed by atoms with Crippen molar-refractivity contribution >= 4 is 16.9 Å². The minimum absolute atomic E-state index is 0.0278. The van der Waals surface area contributed by atoms with Crippen LogP contribution in [0.4, 0.5) is 0 Å². The van der Waals surface area contributed by atoms with Crippen LogP contribution in [0.25, 0.3) is 0 Å². The topological polar surface area (TPSA) is 40.1 Å². The van der Waals surface area contributed by atoms with Gasteiger partial charge in [0, 0.05) is 0 Å². The Morgan fingerprint density at radius 1 is 0.588 bits per heavy atom. The summed E-state index contributed by atoms with van der Waals surface area (Å²) in [6.45, 7) is 0. The van der Waals surface area contributed by atoms with Crippen LogP contribution in [0.1, 0.15) is 53.9 Å². The molecule has 1 saturated carbocycles. The Bertz CT molecular complexity index is 1100. The predicted molar refractivity (Wildman–Crippen MR) is 138 cm³/mol. The molecule has 172 valence electrons. The maximum atomic E-state index is 10.1. The van der Waals surface area contributed by atoms with Gasteiger partial charge in [-0.15, -0.1) is 0 Å². The van der Waals surface area contributed by atoms with Gasteiger partial charge in [0.2, 0.25) is 0 Å². The third-order valence-electron chi connectivity index (χ3n) is 6.16. The lowest BCUT2D eigenvalue weighted by Crippen LogP contribution is -2.21. The van der Waals surface area contributed by atoms with Gasteiger partial charge < -0.3 is 9.90 Å². The van der Waals surface area contributed by atoms with Gasteiger partial charge in [0.25, 0.3) is 0 Å². The van der Waals surface area contributed by atoms with Crippen LogP contribution in [-0.2, 0) is 10.9 Å². The summed E-state index contributed by atoms with van der Waals surface area (Å²) in [5.74, 6) is -0.353. The largest absolute Gasteiger partial charge is 0.545 e. The van der Waals surface area contributed by atoms with Gasteiger partial charge in [0.1, 0.15) is 0 Å². The van der Waals surface area contributed by atoms with E-state index in [9.17, 15) is 9.90 Å². The van der Waals surface area contributed by atoms with E-state index in [4.69, 9.17) is 0 Å². The molecule has 0 unspecified atom stereocenters. The summed E-state index contributed by atoms with van der Waals surface area (Å²) in [5.41, 5.74) is 1.76. The molecule has 5 rings (SSSR count). The molecule has 4 aromatic rings. The van der Waals surface area contributed by atoms with Crippen LogP contribution in [-0.4, -0.2) is 5.97 Å². The van der Waals surface area contributed by atoms with Gasteiger partial charge in [-0.3, -0.25) is 0 Å². The minimum atomic E-state index is -1.13. The predicted octanol–water partition coefficient (Wildman–Crippen LogP) is 6.88. The van der Waals surface area contributed by atoms with Gasteiger partial charge in [-0.1, -0.05) is 98.1 Å². The van der Waals surface area contributed by atoms with Crippen LogP contribution in [0.3, 0.4) is 0 Å². The molecule has 0 aliphatic heterocycles. The summed E-state index contributed by atoms with van der Waals surface area (Å²) in [4.78, 5) is 14.3. The first-order chi connectivity index (χ1) is 16.7. The van der Waals surface area contributed by atoms with E-state index in [0.717, 1.165) is 5.92 Å². The molecule has 0 aromatic heterocycles. The molecule has 34 heavy (non-hydrogen) atoms. The summed E-state index contributed by atoms with van der Waals surface area (Å²) in [5, 5.41) is 10.1. The third kappa shape index (κ3) is 6.39. The second-order valence-electron chi connectivity index (χ2n) is 8.49. The molecule has 0 spiro atoms. The van der Waals surface area contributed by atoms with Gasteiger partial charge in [-0.25, -0.2) is 0 Å². The van der Waals surface area contributed by atoms with E-state index in [1.807, 2.05) is 0 Å². The summed E-state index contributed by atoms with van der Waals surface area (Å²) >= 11 is 0. The summed E-state index contributed by atoms with van der Waals surface area (Å²) in [7, 11) is -0.0278. The van der Waals surface area contributed by atoms with Crippen molar-refractivity contribution in [1.82, 2.24) is 0 Å². The van der Waals surface area contributed by atoms with E-state index in [0.29, 0.717) is 0 Å². The van der Waals surface area contributed by atoms with Crippen molar-refractivity contribution in [2.75, 3.05) is 0 Å². The standard InChI is InChI=1S/C24H25S.C7H6O2/c1-4-10-20(11-5-1)21-16-18-24(19-17-21)25(22-12-6-2-7-13-22)23-14-8-3-9-15-23;8-7(9)6-4-2-1-3-5-6/h2-3,6-9,12-20H,1,4-5,10-11H2;1-5H,(H,8,9)/q+1;/p-1. The highest BCUT2D eigenvalue weighted by Gasteiger charge is 2.28. The van der Waals surface area contributed by atoms with Crippen molar-refractivity contribution in [3.63, 3.8) is 0 Å². The molecule has 0 N–H and O–H groups in total. The Morgan fingerprint density at radius 2 is 1.03 bits per heavy atom. The van der Waals surface area contributed by atoms with Crippen LogP contribution in [0, 0.1) is 0 Å². The van der Waals surface area contributed by atoms with E-state index in [2.05, 4.69) is 84.9 Å². The molecule has 0 heterocycles. The fourth-order valence-electron chi connectivity index (χ4n) is 4.41. The average Bonchev–Trinajstić information content (AvgIpc) is 2.92. The molecule has 1 aliphatic carbocycles. The Morgan fingerprint density at radius 3 is 1.47 bits per heavy atom. The summed E-state index contributed by atoms with van der Waals surface area (Å²) in [6, 6.07) is 39.4. The van der Waals surface area contributed by atoms with Gasteiger partial charge in [0.05, 0.1) is 16.9 Å². The van der Waals surface area contributed by atoms with Crippen LogP contribution < -0.4 is 5.11 Å². The summed E-state index contributed by atoms with van der Waals surface area (Å²) in [6.07, 6.45) is 6.93. The molecule has 0 saturated heterocycles. The number of carbonyl (C=O) groups excluding carboxylic acids is 1. The number of carboxylic acids is 1. The molecular weight excluding hydrogens is 436 g/mol. The number of rotatable bonds is 5. The number of hydrogen-bond acceptors (Lipinski definition) is 2. The van der Waals surface area contributed by atoms with Crippen LogP contribution >= 0.6 is 0 Å². The molecule has 1 fully saturated rings. The van der Waals surface area contributed by atoms with Crippen molar-refractivity contribution in [1.29, 1.82) is 0 Å². The first kappa shape index (κ1) is 23.8. The Hall–Kier alpha value is -3.30. The van der Waals surface area contributed by atoms with Gasteiger partial charge in [-0.2, -0.15) is 0 Å². The number of aromatic carboxylic acids is 1. The van der Waals surface area contributed by atoms with E-state index in [1.54, 1.807) is 18.2 Å². The number of carboxylic acid groups (broad SMARTS) is 1. The monoisotopic (exact) mass is 466 g/mol. The highest BCUT2D eigenvalue weighted by molar-refractivity contribution is 7.97. The second kappa shape index (κ2) is 12.2. The highest BCUT2D eigenvalue weighted by Crippen LogP contribution is 2.35. The Balaban J connectivity index is 0.000000257. The molecular formula is C31H30O2S. The molecule has 0 amide bonds. The summed E-state index contributed by atoms with van der Waals surface area (Å²) < 4.78 is 0. The van der Waals surface area contributed by atoms with Crippen LogP contribution in [0.2, 0.25) is 0 Å². The number of carbonyl (C=O) groups is 1. The van der Waals surface area contributed by atoms with E-state index in [-0.39, 0.29) is 16.5 Å². The first-order valence-corrected chi connectivity index (χ1v) is 13.2. The van der Waals surface area contributed by atoms with Crippen molar-refractivity contribution in [2.24, 2.45) is 0 Å². The Kier molecular flexibility index (Phi) is 8.59. The van der Waals surface area contributed by atoms with E-state index >= 15 is 0 Å². The molecule has 0 atom stereocenters. The molecule has 0 bridgehead atoms. The SMILES string of the molecule is O=C([O-])c1ccccc1.c1ccc([S+](c2ccccc2)c2ccc(C3CCCCC3)cc2)cc1. The Labute approximate surface area is 205 Å². The van der Waals surface area contributed by atoms with Gasteiger partial charge in [-0.05, 0) is 66.3 Å². The van der Waals surface area contributed by atoms with Crippen LogP contribution in [0.15, 0.2) is 130 Å². The average molecular weight is 467 g/mol. The molecule has 0 radical (unpaired) electrons. The molecule has 4 aromatic carbocycles. The zero-order chi connectivity index (χ0) is 23.6. The van der Waals surface area contributed by atoms with E-state index in [1.165, 1.54) is 64.5 Å². The lowest BCUT2D eigenvalue weighted by Gasteiger charge is -2.22. The molecule has 2 nitrogen and oxygen atoms in total. The van der Waals surface area contributed by atoms with Crippen LogP contribution in [0.5, 0.6) is 0 Å². The lowest BCUT2D eigenvalue weighted by molar-refractivity contribution is -0.255. The van der Waals surface area contributed by atoms with Crippen molar-refractivity contribution < 1.29 is 9.90 Å². The fourth-order valence-corrected chi connectivity index (χ4v) is 6.49. The van der Waals surface area contributed by atoms with Crippen molar-refractivity contribution in [2.45, 2.75) is 52.7 Å².